The molecule has 0 aromatic carbocycles. The third-order valence-electron chi connectivity index (χ3n) is 9.89. The van der Waals surface area contributed by atoms with Gasteiger partial charge in [0, 0.05) is 13.2 Å². The maximum absolute atomic E-state index is 5.70. The molecule has 8 nitrogen and oxygen atoms in total. The molecule has 0 spiro atoms. The SMILES string of the molecule is CCCCCCCCCCCCCCCCOCCOCCOCCOCCOCCOCCOCCOCCCCCCCCCCCCCCCC. The number of hydrogen-bond acceptors (Lipinski definition) is 8. The van der Waals surface area contributed by atoms with Crippen molar-refractivity contribution in [2.45, 2.75) is 194 Å². The standard InChI is InChI=1S/C46H94O8/c1-3-5-7-9-11-13-15-17-19-21-23-25-27-29-31-47-33-35-49-37-39-51-41-43-53-45-46-54-44-42-52-40-38-50-36-34-48-32-30-28-26-24-22-20-18-16-14-12-10-8-6-4-2/h3-46H2,1-2H3. The van der Waals surface area contributed by atoms with Gasteiger partial charge in [0.05, 0.1) is 92.5 Å². The molecule has 0 saturated heterocycles. The van der Waals surface area contributed by atoms with Crippen LogP contribution in [0.3, 0.4) is 0 Å². The van der Waals surface area contributed by atoms with Gasteiger partial charge in [0.2, 0.25) is 0 Å². The molecule has 0 bridgehead atoms. The molecular formula is C46H94O8. The van der Waals surface area contributed by atoms with Crippen LogP contribution in [0.25, 0.3) is 0 Å². The van der Waals surface area contributed by atoms with Crippen molar-refractivity contribution in [3.63, 3.8) is 0 Å². The fraction of sp³-hybridized carbons (Fsp3) is 1.00. The van der Waals surface area contributed by atoms with Crippen LogP contribution in [-0.2, 0) is 37.9 Å². The Bertz CT molecular complexity index is 574. The summed E-state index contributed by atoms with van der Waals surface area (Å²) in [6, 6.07) is 0. The van der Waals surface area contributed by atoms with Gasteiger partial charge >= 0.3 is 0 Å². The van der Waals surface area contributed by atoms with Crippen LogP contribution in [0.2, 0.25) is 0 Å². The molecule has 0 aliphatic carbocycles. The first-order valence-corrected chi connectivity index (χ1v) is 23.5. The molecule has 0 N–H and O–H groups in total. The summed E-state index contributed by atoms with van der Waals surface area (Å²) in [4.78, 5) is 0. The number of rotatable bonds is 51. The van der Waals surface area contributed by atoms with E-state index in [4.69, 9.17) is 37.9 Å². The molecule has 0 saturated carbocycles. The molecule has 326 valence electrons. The lowest BCUT2D eigenvalue weighted by Gasteiger charge is -2.09. The highest BCUT2D eigenvalue weighted by molar-refractivity contribution is 4.51. The van der Waals surface area contributed by atoms with E-state index in [9.17, 15) is 0 Å². The van der Waals surface area contributed by atoms with Crippen molar-refractivity contribution in [3.05, 3.63) is 0 Å². The average Bonchev–Trinajstić information content (AvgIpc) is 3.18. The summed E-state index contributed by atoms with van der Waals surface area (Å²) in [5.41, 5.74) is 0. The van der Waals surface area contributed by atoms with Gasteiger partial charge in [0.25, 0.3) is 0 Å². The summed E-state index contributed by atoms with van der Waals surface area (Å²) in [5, 5.41) is 0. The van der Waals surface area contributed by atoms with E-state index in [1.165, 1.54) is 167 Å². The zero-order chi connectivity index (χ0) is 38.8. The van der Waals surface area contributed by atoms with E-state index in [1.54, 1.807) is 0 Å². The van der Waals surface area contributed by atoms with E-state index >= 15 is 0 Å². The summed E-state index contributed by atoms with van der Waals surface area (Å²) in [6.07, 6.45) is 38.7. The van der Waals surface area contributed by atoms with E-state index in [1.807, 2.05) is 0 Å². The van der Waals surface area contributed by atoms with Gasteiger partial charge in [0.15, 0.2) is 0 Å². The molecule has 0 aromatic rings. The third kappa shape index (κ3) is 51.7. The van der Waals surface area contributed by atoms with E-state index in [0.717, 1.165) is 26.1 Å². The average molecular weight is 775 g/mol. The largest absolute Gasteiger partial charge is 0.379 e. The Morgan fingerprint density at radius 2 is 0.278 bits per heavy atom. The first kappa shape index (κ1) is 53.7. The predicted octanol–water partition coefficient (Wildman–Crippen LogP) is 12.1. The second kappa shape index (κ2) is 52.7. The molecule has 0 rings (SSSR count). The van der Waals surface area contributed by atoms with Crippen molar-refractivity contribution in [2.24, 2.45) is 0 Å². The fourth-order valence-corrected chi connectivity index (χ4v) is 6.44. The molecule has 0 aliphatic heterocycles. The maximum Gasteiger partial charge on any atom is 0.0701 e. The highest BCUT2D eigenvalue weighted by atomic mass is 16.6. The van der Waals surface area contributed by atoms with Crippen molar-refractivity contribution >= 4 is 0 Å². The lowest BCUT2D eigenvalue weighted by molar-refractivity contribution is -0.0232. The van der Waals surface area contributed by atoms with Gasteiger partial charge in [-0.2, -0.15) is 0 Å². The molecule has 0 radical (unpaired) electrons. The molecule has 0 fully saturated rings. The first-order chi connectivity index (χ1) is 26.9. The highest BCUT2D eigenvalue weighted by Crippen LogP contribution is 2.14. The van der Waals surface area contributed by atoms with Crippen LogP contribution in [0.4, 0.5) is 0 Å². The summed E-state index contributed by atoms with van der Waals surface area (Å²) in [5.74, 6) is 0. The molecule has 0 aromatic heterocycles. The van der Waals surface area contributed by atoms with Crippen LogP contribution in [-0.4, -0.2) is 106 Å². The lowest BCUT2D eigenvalue weighted by atomic mass is 10.0. The van der Waals surface area contributed by atoms with Crippen molar-refractivity contribution < 1.29 is 37.9 Å². The number of hydrogen-bond donors (Lipinski definition) is 0. The van der Waals surface area contributed by atoms with Crippen LogP contribution in [0, 0.1) is 0 Å². The summed E-state index contributed by atoms with van der Waals surface area (Å²) >= 11 is 0. The minimum absolute atomic E-state index is 0.555. The molecular weight excluding hydrogens is 680 g/mol. The summed E-state index contributed by atoms with van der Waals surface area (Å²) in [7, 11) is 0. The van der Waals surface area contributed by atoms with Gasteiger partial charge in [-0.3, -0.25) is 0 Å². The zero-order valence-corrected chi connectivity index (χ0v) is 36.4. The fourth-order valence-electron chi connectivity index (χ4n) is 6.44. The maximum atomic E-state index is 5.70. The van der Waals surface area contributed by atoms with E-state index in [-0.39, 0.29) is 0 Å². The van der Waals surface area contributed by atoms with Crippen LogP contribution < -0.4 is 0 Å². The topological polar surface area (TPSA) is 73.8 Å². The lowest BCUT2D eigenvalue weighted by Crippen LogP contribution is -2.15. The zero-order valence-electron chi connectivity index (χ0n) is 36.4. The van der Waals surface area contributed by atoms with Gasteiger partial charge in [-0.05, 0) is 12.8 Å². The number of unbranched alkanes of at least 4 members (excludes halogenated alkanes) is 26. The molecule has 0 unspecified atom stereocenters. The Kier molecular flexibility index (Phi) is 52.4. The van der Waals surface area contributed by atoms with Crippen LogP contribution in [0.1, 0.15) is 194 Å². The quantitative estimate of drug-likeness (QED) is 0.0566. The van der Waals surface area contributed by atoms with Gasteiger partial charge < -0.3 is 37.9 Å². The minimum atomic E-state index is 0.555. The first-order valence-electron chi connectivity index (χ1n) is 23.5. The van der Waals surface area contributed by atoms with Crippen LogP contribution in [0.15, 0.2) is 0 Å². The van der Waals surface area contributed by atoms with E-state index < -0.39 is 0 Å². The smallest absolute Gasteiger partial charge is 0.0701 e. The summed E-state index contributed by atoms with van der Waals surface area (Å²) < 4.78 is 44.8. The normalized spacial score (nSPS) is 11.7. The molecule has 0 amide bonds. The molecule has 54 heavy (non-hydrogen) atoms. The number of ether oxygens (including phenoxy) is 8. The molecule has 0 atom stereocenters. The van der Waals surface area contributed by atoms with Gasteiger partial charge in [-0.1, -0.05) is 181 Å². The molecule has 0 aliphatic rings. The molecule has 0 heterocycles. The van der Waals surface area contributed by atoms with Crippen molar-refractivity contribution in [1.82, 2.24) is 0 Å². The monoisotopic (exact) mass is 775 g/mol. The van der Waals surface area contributed by atoms with Crippen molar-refractivity contribution in [1.29, 1.82) is 0 Å². The Hall–Kier alpha value is -0.320. The highest BCUT2D eigenvalue weighted by Gasteiger charge is 1.98. The van der Waals surface area contributed by atoms with Crippen LogP contribution >= 0.6 is 0 Å². The second-order valence-corrected chi connectivity index (χ2v) is 15.1. The third-order valence-corrected chi connectivity index (χ3v) is 9.89. The van der Waals surface area contributed by atoms with Gasteiger partial charge in [-0.25, -0.2) is 0 Å². The Balaban J connectivity index is 3.05. The second-order valence-electron chi connectivity index (χ2n) is 15.1. The van der Waals surface area contributed by atoms with Crippen molar-refractivity contribution in [2.75, 3.05) is 106 Å². The Morgan fingerprint density at radius 3 is 0.444 bits per heavy atom. The van der Waals surface area contributed by atoms with E-state index in [2.05, 4.69) is 13.8 Å². The van der Waals surface area contributed by atoms with Crippen LogP contribution in [0.5, 0.6) is 0 Å². The van der Waals surface area contributed by atoms with Crippen molar-refractivity contribution in [3.8, 4) is 0 Å². The molecule has 8 heteroatoms. The Labute approximate surface area is 336 Å². The summed E-state index contributed by atoms with van der Waals surface area (Å²) in [6.45, 7) is 14.5. The minimum Gasteiger partial charge on any atom is -0.379 e. The Morgan fingerprint density at radius 1 is 0.148 bits per heavy atom. The van der Waals surface area contributed by atoms with E-state index in [0.29, 0.717) is 92.5 Å². The van der Waals surface area contributed by atoms with Gasteiger partial charge in [0.1, 0.15) is 0 Å². The predicted molar refractivity (Wildman–Crippen MR) is 227 cm³/mol. The van der Waals surface area contributed by atoms with Gasteiger partial charge in [-0.15, -0.1) is 0 Å².